The second-order valence-electron chi connectivity index (χ2n) is 22.4. The van der Waals surface area contributed by atoms with Gasteiger partial charge >= 0.3 is 5.97 Å². The van der Waals surface area contributed by atoms with Crippen LogP contribution in [0.1, 0.15) is 118 Å². The van der Waals surface area contributed by atoms with Crippen LogP contribution in [-0.4, -0.2) is 191 Å². The highest BCUT2D eigenvalue weighted by Crippen LogP contribution is 2.21. The number of aliphatic imine (C=N–C) groups is 3. The fraction of sp³-hybridized carbons (Fsp3) is 0.636. The number of guanidine groups is 3. The molecule has 1 aromatic carbocycles. The summed E-state index contributed by atoms with van der Waals surface area (Å²) in [5.41, 5.74) is 45.0. The predicted octanol–water partition coefficient (Wildman–Crippen LogP) is -5.96. The van der Waals surface area contributed by atoms with E-state index in [4.69, 9.17) is 51.0 Å². The molecule has 0 spiro atoms. The average molecular weight is 1240 g/mol. The lowest BCUT2D eigenvalue weighted by Gasteiger charge is -2.31. The van der Waals surface area contributed by atoms with Gasteiger partial charge in [0.1, 0.15) is 54.4 Å². The van der Waals surface area contributed by atoms with E-state index >= 15 is 0 Å². The molecule has 11 atom stereocenters. The summed E-state index contributed by atoms with van der Waals surface area (Å²) in [7, 11) is 0. The quantitative estimate of drug-likeness (QED) is 0.0166. The first-order valence-electron chi connectivity index (χ1n) is 29.2. The van der Waals surface area contributed by atoms with Crippen LogP contribution < -0.4 is 88.4 Å². The zero-order chi connectivity index (χ0) is 66.4. The summed E-state index contributed by atoms with van der Waals surface area (Å²) >= 11 is 0. The van der Waals surface area contributed by atoms with E-state index < -0.39 is 138 Å². The standard InChI is InChI=1S/C55H94N20O13/c1-28(2)24-38(72-44(80)30(5)67-51(87)40-19-13-23-75(40)52(88)42(31(6)76)74-48(84)36(18-12-22-66-55(62)63)68-45(81)33(56)27-41(77)78)49(85)70-35(17-11-21-65-54(60)61)47(83)73-39(25-29(3)4)50(86)69-34(16-10-20-64-53(58)59)46(82)71-37(43(57)79)26-32-14-8-7-9-15-32/h7-9,14-15,28-31,33-40,42,76H,10-13,16-27,56H2,1-6H3,(H2,57,79)(H,67,87)(H,68,81)(H,69,86)(H,70,85)(H,71,82)(H,72,80)(H,73,83)(H,74,84)(H,77,78)(H4,58,59,64)(H4,60,61,65)(H4,62,63,66)/t30-,31+,33-,34-,35-,36-,37-,38-,39-,40-,42-/m0/s1. The lowest BCUT2D eigenvalue weighted by atomic mass is 10.00. The lowest BCUT2D eigenvalue weighted by molar-refractivity contribution is -0.144. The van der Waals surface area contributed by atoms with Crippen molar-refractivity contribution in [3.05, 3.63) is 35.9 Å². The minimum absolute atomic E-state index is 0.00657. The van der Waals surface area contributed by atoms with Crippen molar-refractivity contribution in [2.24, 2.45) is 72.7 Å². The molecule has 88 heavy (non-hydrogen) atoms. The number of benzene rings is 1. The van der Waals surface area contributed by atoms with Crippen molar-refractivity contribution in [2.75, 3.05) is 26.2 Å². The number of nitrogens with two attached hydrogens (primary N) is 8. The highest BCUT2D eigenvalue weighted by atomic mass is 16.4. The lowest BCUT2D eigenvalue weighted by Crippen LogP contribution is -2.61. The van der Waals surface area contributed by atoms with Crippen molar-refractivity contribution < 1.29 is 63.0 Å². The second kappa shape index (κ2) is 38.3. The maximum Gasteiger partial charge on any atom is 0.305 e. The Morgan fingerprint density at radius 1 is 0.545 bits per heavy atom. The Hall–Kier alpha value is -8.88. The van der Waals surface area contributed by atoms with Gasteiger partial charge in [0.2, 0.25) is 59.1 Å². The smallest absolute Gasteiger partial charge is 0.305 e. The van der Waals surface area contributed by atoms with Gasteiger partial charge in [-0.15, -0.1) is 0 Å². The van der Waals surface area contributed by atoms with Crippen molar-refractivity contribution in [3.63, 3.8) is 0 Å². The maximum atomic E-state index is 14.4. The van der Waals surface area contributed by atoms with Gasteiger partial charge in [-0.2, -0.15) is 0 Å². The monoisotopic (exact) mass is 1240 g/mol. The molecule has 0 saturated carbocycles. The number of hydrogen-bond acceptors (Lipinski definition) is 16. The Kier molecular flexibility index (Phi) is 32.7. The third kappa shape index (κ3) is 28.1. The van der Waals surface area contributed by atoms with E-state index in [-0.39, 0.29) is 120 Å². The number of carboxylic acid groups (broad SMARTS) is 1. The van der Waals surface area contributed by atoms with E-state index in [2.05, 4.69) is 57.5 Å². The van der Waals surface area contributed by atoms with Crippen molar-refractivity contribution in [2.45, 2.75) is 185 Å². The van der Waals surface area contributed by atoms with Gasteiger partial charge in [0, 0.05) is 32.6 Å². The Bertz CT molecular complexity index is 2610. The molecule has 1 heterocycles. The van der Waals surface area contributed by atoms with E-state index in [0.29, 0.717) is 12.0 Å². The Labute approximate surface area is 511 Å². The Morgan fingerprint density at radius 3 is 1.35 bits per heavy atom. The molecule has 10 amide bonds. The molecular formula is C55H94N20O13. The van der Waals surface area contributed by atoms with Crippen LogP contribution in [0.25, 0.3) is 0 Å². The van der Waals surface area contributed by atoms with Crippen LogP contribution in [0.5, 0.6) is 0 Å². The summed E-state index contributed by atoms with van der Waals surface area (Å²) in [4.78, 5) is 162. The summed E-state index contributed by atoms with van der Waals surface area (Å²) in [6.07, 6.45) is -1.54. The molecule has 2 rings (SSSR count). The number of nitrogens with zero attached hydrogens (tertiary/aromatic N) is 4. The normalized spacial score (nSPS) is 16.2. The van der Waals surface area contributed by atoms with Crippen LogP contribution in [0.2, 0.25) is 0 Å². The van der Waals surface area contributed by atoms with Crippen molar-refractivity contribution in [3.8, 4) is 0 Å². The Balaban J connectivity index is 2.37. The molecule has 0 bridgehead atoms. The minimum atomic E-state index is -1.67. The molecular weight excluding hydrogens is 1150 g/mol. The summed E-state index contributed by atoms with van der Waals surface area (Å²) in [6, 6.07) is -4.81. The Morgan fingerprint density at radius 2 is 0.943 bits per heavy atom. The average Bonchev–Trinajstić information content (AvgIpc) is 3.90. The van der Waals surface area contributed by atoms with Crippen LogP contribution in [0.15, 0.2) is 45.3 Å². The molecule has 33 heteroatoms. The van der Waals surface area contributed by atoms with Gasteiger partial charge in [0.15, 0.2) is 17.9 Å². The molecule has 0 unspecified atom stereocenters. The SMILES string of the molecule is CC(C)C[C@H](NC(=O)[C@H](C)NC(=O)[C@@H]1CCCN1C(=O)[C@@H](NC(=O)[C@H](CCCN=C(N)N)NC(=O)[C@@H](N)CC(=O)O)[C@@H](C)O)C(=O)N[C@@H](CCCN=C(N)N)C(=O)N[C@@H](CC(C)C)C(=O)N[C@@H](CCCN=C(N)N)C(=O)N[C@@H](Cc1ccccc1)C(N)=O. The summed E-state index contributed by atoms with van der Waals surface area (Å²) < 4.78 is 0. The molecule has 1 aliphatic rings. The number of hydrogen-bond donors (Lipinski definition) is 18. The zero-order valence-corrected chi connectivity index (χ0v) is 51.0. The van der Waals surface area contributed by atoms with Crippen LogP contribution in [0.4, 0.5) is 0 Å². The summed E-state index contributed by atoms with van der Waals surface area (Å²) in [6.45, 7) is 9.81. The molecule has 0 aromatic heterocycles. The van der Waals surface area contributed by atoms with E-state index in [0.717, 1.165) is 4.90 Å². The fourth-order valence-electron chi connectivity index (χ4n) is 9.24. The van der Waals surface area contributed by atoms with E-state index in [1.165, 1.54) is 13.8 Å². The van der Waals surface area contributed by atoms with Gasteiger partial charge in [0.05, 0.1) is 18.6 Å². The zero-order valence-electron chi connectivity index (χ0n) is 51.0. The molecule has 1 fully saturated rings. The molecule has 0 aliphatic carbocycles. The van der Waals surface area contributed by atoms with Crippen molar-refractivity contribution >= 4 is 82.9 Å². The van der Waals surface area contributed by atoms with Crippen LogP contribution in [-0.2, 0) is 59.2 Å². The van der Waals surface area contributed by atoms with Crippen LogP contribution in [0.3, 0.4) is 0 Å². The summed E-state index contributed by atoms with van der Waals surface area (Å²) in [5.74, 6) is -11.0. The van der Waals surface area contributed by atoms with Gasteiger partial charge in [-0.1, -0.05) is 58.0 Å². The molecule has 1 aliphatic heterocycles. The van der Waals surface area contributed by atoms with Gasteiger partial charge in [-0.3, -0.25) is 67.7 Å². The number of carbonyl (C=O) groups excluding carboxylic acids is 10. The number of likely N-dealkylation sites (tertiary alicyclic amines) is 1. The number of aliphatic carboxylic acids is 1. The van der Waals surface area contributed by atoms with E-state index in [1.54, 1.807) is 58.0 Å². The molecule has 33 nitrogen and oxygen atoms in total. The van der Waals surface area contributed by atoms with Crippen LogP contribution >= 0.6 is 0 Å². The molecule has 1 aromatic rings. The van der Waals surface area contributed by atoms with Crippen LogP contribution in [0, 0.1) is 11.8 Å². The van der Waals surface area contributed by atoms with Gasteiger partial charge in [-0.05, 0) is 95.5 Å². The number of aliphatic hydroxyl groups is 1. The minimum Gasteiger partial charge on any atom is -0.481 e. The van der Waals surface area contributed by atoms with Crippen molar-refractivity contribution in [1.29, 1.82) is 0 Å². The molecule has 0 radical (unpaired) electrons. The van der Waals surface area contributed by atoms with Gasteiger partial charge in [-0.25, -0.2) is 0 Å². The second-order valence-corrected chi connectivity index (χ2v) is 22.4. The predicted molar refractivity (Wildman–Crippen MR) is 326 cm³/mol. The molecule has 492 valence electrons. The number of aliphatic hydroxyl groups excluding tert-OH is 1. The summed E-state index contributed by atoms with van der Waals surface area (Å²) in [5, 5.41) is 40.7. The number of carbonyl (C=O) groups is 11. The number of nitrogens with one attached hydrogen (secondary N) is 8. The third-order valence-electron chi connectivity index (χ3n) is 13.7. The number of primary amides is 1. The van der Waals surface area contributed by atoms with E-state index in [9.17, 15) is 57.8 Å². The van der Waals surface area contributed by atoms with E-state index in [1.807, 2.05) is 0 Å². The van der Waals surface area contributed by atoms with Gasteiger partial charge < -0.3 is 104 Å². The number of amides is 10. The first-order chi connectivity index (χ1) is 41.3. The highest BCUT2D eigenvalue weighted by molar-refractivity contribution is 5.99. The van der Waals surface area contributed by atoms with Gasteiger partial charge in [0.25, 0.3) is 0 Å². The molecule has 26 N–H and O–H groups in total. The first kappa shape index (κ1) is 75.2. The third-order valence-corrected chi connectivity index (χ3v) is 13.7. The number of carboxylic acids is 1. The topological polar surface area (TPSA) is 573 Å². The van der Waals surface area contributed by atoms with Crippen molar-refractivity contribution in [1.82, 2.24) is 47.4 Å². The fourth-order valence-corrected chi connectivity index (χ4v) is 9.24. The largest absolute Gasteiger partial charge is 0.481 e. The molecule has 1 saturated heterocycles. The maximum absolute atomic E-state index is 14.4. The number of rotatable bonds is 39. The first-order valence-corrected chi connectivity index (χ1v) is 29.2. The highest BCUT2D eigenvalue weighted by Gasteiger charge is 2.41.